The van der Waals surface area contributed by atoms with Crippen LogP contribution in [0, 0.1) is 11.3 Å². The molecule has 0 saturated heterocycles. The maximum absolute atomic E-state index is 9.07. The fraction of sp³-hybridized carbons (Fsp3) is 0.0909. The summed E-state index contributed by atoms with van der Waals surface area (Å²) in [5, 5.41) is 11.5. The highest BCUT2D eigenvalue weighted by molar-refractivity contribution is 7.81. The van der Waals surface area contributed by atoms with Gasteiger partial charge in [0.2, 0.25) is 0 Å². The van der Waals surface area contributed by atoms with Crippen LogP contribution in [-0.2, 0) is 0 Å². The molecule has 1 unspecified atom stereocenters. The number of hydrogen-bond acceptors (Lipinski definition) is 5. The summed E-state index contributed by atoms with van der Waals surface area (Å²) in [6.45, 7) is 0. The van der Waals surface area contributed by atoms with Crippen LogP contribution < -0.4 is 11.1 Å². The van der Waals surface area contributed by atoms with Gasteiger partial charge in [-0.25, -0.2) is 4.99 Å². The van der Waals surface area contributed by atoms with Gasteiger partial charge >= 0.3 is 0 Å². The first-order chi connectivity index (χ1) is 7.72. The first kappa shape index (κ1) is 10.6. The molecule has 0 saturated carbocycles. The molecule has 0 radical (unpaired) electrons. The molecule has 0 aromatic heterocycles. The second kappa shape index (κ2) is 4.29. The van der Waals surface area contributed by atoms with E-state index in [9.17, 15) is 0 Å². The third-order valence-corrected chi connectivity index (χ3v) is 2.60. The highest BCUT2D eigenvalue weighted by Crippen LogP contribution is 2.24. The third-order valence-electron chi connectivity index (χ3n) is 2.22. The van der Waals surface area contributed by atoms with Gasteiger partial charge in [0.1, 0.15) is 11.4 Å². The SMILES string of the molecule is N#CC1=C(c2ccccc2)NC(N)=NC1S. The Morgan fingerprint density at radius 2 is 2.06 bits per heavy atom. The Kier molecular flexibility index (Phi) is 2.84. The van der Waals surface area contributed by atoms with Crippen molar-refractivity contribution >= 4 is 24.3 Å². The zero-order valence-electron chi connectivity index (χ0n) is 8.38. The fourth-order valence-corrected chi connectivity index (χ4v) is 1.81. The fourth-order valence-electron chi connectivity index (χ4n) is 1.50. The lowest BCUT2D eigenvalue weighted by Gasteiger charge is -2.20. The summed E-state index contributed by atoms with van der Waals surface area (Å²) >= 11 is 4.22. The quantitative estimate of drug-likeness (QED) is 0.632. The van der Waals surface area contributed by atoms with Crippen molar-refractivity contribution in [2.24, 2.45) is 10.7 Å². The highest BCUT2D eigenvalue weighted by Gasteiger charge is 2.21. The van der Waals surface area contributed by atoms with Gasteiger partial charge in [0, 0.05) is 0 Å². The molecule has 0 amide bonds. The number of hydrogen-bond donors (Lipinski definition) is 3. The summed E-state index contributed by atoms with van der Waals surface area (Å²) in [5.41, 5.74) is 7.67. The molecule has 1 aromatic rings. The topological polar surface area (TPSA) is 74.2 Å². The van der Waals surface area contributed by atoms with Gasteiger partial charge in [-0.3, -0.25) is 0 Å². The van der Waals surface area contributed by atoms with Gasteiger partial charge in [-0.2, -0.15) is 5.26 Å². The Labute approximate surface area is 98.9 Å². The van der Waals surface area contributed by atoms with E-state index in [1.165, 1.54) is 0 Å². The predicted octanol–water partition coefficient (Wildman–Crippen LogP) is 1.10. The van der Waals surface area contributed by atoms with E-state index in [1.807, 2.05) is 30.3 Å². The standard InChI is InChI=1S/C11H10N4S/c12-6-8-9(7-4-2-1-3-5-7)14-11(13)15-10(8)16/h1-5,10,16H,(H3,13,14,15). The summed E-state index contributed by atoms with van der Waals surface area (Å²) < 4.78 is 0. The first-order valence-corrected chi connectivity index (χ1v) is 5.22. The lowest BCUT2D eigenvalue weighted by atomic mass is 10.1. The maximum atomic E-state index is 9.07. The lowest BCUT2D eigenvalue weighted by Crippen LogP contribution is -2.36. The molecule has 0 spiro atoms. The van der Waals surface area contributed by atoms with Gasteiger partial charge in [0.25, 0.3) is 0 Å². The number of thiol groups is 1. The summed E-state index contributed by atoms with van der Waals surface area (Å²) in [6, 6.07) is 11.6. The number of aliphatic imine (C=N–C) groups is 1. The van der Waals surface area contributed by atoms with Gasteiger partial charge in [-0.05, 0) is 5.56 Å². The lowest BCUT2D eigenvalue weighted by molar-refractivity contribution is 1.02. The van der Waals surface area contributed by atoms with Crippen molar-refractivity contribution < 1.29 is 0 Å². The van der Waals surface area contributed by atoms with Crippen LogP contribution >= 0.6 is 12.6 Å². The molecule has 1 aromatic carbocycles. The molecular formula is C11H10N4S. The number of benzene rings is 1. The summed E-state index contributed by atoms with van der Waals surface area (Å²) in [4.78, 5) is 3.98. The first-order valence-electron chi connectivity index (χ1n) is 4.70. The van der Waals surface area contributed by atoms with Crippen LogP contribution in [0.15, 0.2) is 40.9 Å². The van der Waals surface area contributed by atoms with Crippen LogP contribution in [0.4, 0.5) is 0 Å². The van der Waals surface area contributed by atoms with Crippen molar-refractivity contribution in [2.75, 3.05) is 0 Å². The van der Waals surface area contributed by atoms with Gasteiger partial charge in [-0.1, -0.05) is 30.3 Å². The van der Waals surface area contributed by atoms with Crippen molar-refractivity contribution in [1.82, 2.24) is 5.32 Å². The Hall–Kier alpha value is -1.93. The second-order valence-corrected chi connectivity index (χ2v) is 3.77. The minimum absolute atomic E-state index is 0.276. The van der Waals surface area contributed by atoms with Gasteiger partial charge in [0.05, 0.1) is 11.3 Å². The molecule has 1 atom stereocenters. The van der Waals surface area contributed by atoms with Crippen molar-refractivity contribution in [3.05, 3.63) is 41.5 Å². The van der Waals surface area contributed by atoms with Crippen LogP contribution in [0.5, 0.6) is 0 Å². The van der Waals surface area contributed by atoms with Crippen LogP contribution in [0.2, 0.25) is 0 Å². The molecule has 16 heavy (non-hydrogen) atoms. The minimum Gasteiger partial charge on any atom is -0.370 e. The number of guanidine groups is 1. The molecular weight excluding hydrogens is 220 g/mol. The van der Waals surface area contributed by atoms with E-state index in [1.54, 1.807) is 0 Å². The monoisotopic (exact) mass is 230 g/mol. The smallest absolute Gasteiger partial charge is 0.194 e. The van der Waals surface area contributed by atoms with Crippen LogP contribution in [0.25, 0.3) is 5.70 Å². The third kappa shape index (κ3) is 1.88. The molecule has 0 aliphatic carbocycles. The summed E-state index contributed by atoms with van der Waals surface area (Å²) in [6.07, 6.45) is 0. The van der Waals surface area contributed by atoms with Gasteiger partial charge < -0.3 is 11.1 Å². The second-order valence-electron chi connectivity index (χ2n) is 3.28. The number of nitrogens with one attached hydrogen (secondary N) is 1. The zero-order valence-corrected chi connectivity index (χ0v) is 9.28. The van der Waals surface area contributed by atoms with Gasteiger partial charge in [-0.15, -0.1) is 12.6 Å². The molecule has 5 heteroatoms. The van der Waals surface area contributed by atoms with Crippen molar-refractivity contribution in [3.8, 4) is 6.07 Å². The number of nitriles is 1. The molecule has 1 aliphatic rings. The average Bonchev–Trinajstić information content (AvgIpc) is 2.29. The summed E-state index contributed by atoms with van der Waals surface area (Å²) in [7, 11) is 0. The van der Waals surface area contributed by atoms with E-state index < -0.39 is 5.37 Å². The van der Waals surface area contributed by atoms with E-state index in [4.69, 9.17) is 11.0 Å². The number of nitrogens with zero attached hydrogens (tertiary/aromatic N) is 2. The highest BCUT2D eigenvalue weighted by atomic mass is 32.1. The van der Waals surface area contributed by atoms with Crippen LogP contribution in [0.3, 0.4) is 0 Å². The summed E-state index contributed by atoms with van der Waals surface area (Å²) in [5.74, 6) is 0.276. The molecule has 1 heterocycles. The molecule has 2 rings (SSSR count). The van der Waals surface area contributed by atoms with E-state index in [0.29, 0.717) is 11.3 Å². The van der Waals surface area contributed by atoms with E-state index in [-0.39, 0.29) is 5.96 Å². The molecule has 0 bridgehead atoms. The van der Waals surface area contributed by atoms with Crippen molar-refractivity contribution in [3.63, 3.8) is 0 Å². The molecule has 3 N–H and O–H groups in total. The average molecular weight is 230 g/mol. The molecule has 4 nitrogen and oxygen atoms in total. The number of rotatable bonds is 1. The van der Waals surface area contributed by atoms with E-state index in [2.05, 4.69) is 29.0 Å². The Balaban J connectivity index is 2.50. The van der Waals surface area contributed by atoms with E-state index in [0.717, 1.165) is 5.56 Å². The van der Waals surface area contributed by atoms with Crippen LogP contribution in [-0.4, -0.2) is 11.3 Å². The Morgan fingerprint density at radius 3 is 2.69 bits per heavy atom. The zero-order chi connectivity index (χ0) is 11.5. The number of nitrogens with two attached hydrogens (primary N) is 1. The predicted molar refractivity (Wildman–Crippen MR) is 66.5 cm³/mol. The van der Waals surface area contributed by atoms with Gasteiger partial charge in [0.15, 0.2) is 5.96 Å². The Morgan fingerprint density at radius 1 is 1.38 bits per heavy atom. The van der Waals surface area contributed by atoms with Crippen molar-refractivity contribution in [1.29, 1.82) is 5.26 Å². The molecule has 1 aliphatic heterocycles. The van der Waals surface area contributed by atoms with E-state index >= 15 is 0 Å². The maximum Gasteiger partial charge on any atom is 0.194 e. The van der Waals surface area contributed by atoms with Crippen molar-refractivity contribution in [2.45, 2.75) is 5.37 Å². The van der Waals surface area contributed by atoms with Crippen LogP contribution in [0.1, 0.15) is 5.56 Å². The minimum atomic E-state index is -0.499. The molecule has 0 fully saturated rings. The normalized spacial score (nSPS) is 19.8. The largest absolute Gasteiger partial charge is 0.370 e. The molecule has 80 valence electrons. The Bertz CT molecular complexity index is 498.